The summed E-state index contributed by atoms with van der Waals surface area (Å²) >= 11 is 11.5. The van der Waals surface area contributed by atoms with Crippen molar-refractivity contribution in [2.75, 3.05) is 22.9 Å². The van der Waals surface area contributed by atoms with Gasteiger partial charge in [0.2, 0.25) is 23.0 Å². The molecule has 6 rings (SSSR count). The molecule has 0 saturated carbocycles. The van der Waals surface area contributed by atoms with Crippen LogP contribution in [0.2, 0.25) is 10.0 Å². The van der Waals surface area contributed by atoms with Gasteiger partial charge >= 0.3 is 12.4 Å². The van der Waals surface area contributed by atoms with Crippen LogP contribution in [0, 0.1) is 23.7 Å². The molecule has 4 atom stereocenters. The van der Waals surface area contributed by atoms with Crippen LogP contribution in [0.4, 0.5) is 38.0 Å². The maximum Gasteiger partial charge on any atom is 0.429 e. The van der Waals surface area contributed by atoms with E-state index >= 15 is 0 Å². The standard InChI is InChI=1S/2C19H13ClF3N5O2/c2*20-14-5-3-12(4-6-14)7-9-18(30,19(21,22)23)15(26-27-24)17(29)28-11-8-13-2-1-10-25-16(13)28/h2*1-6,10,15,30H,8,11H2/t2*15-,18-/m00/s1. The second-order valence-corrected chi connectivity index (χ2v) is 13.6. The highest BCUT2D eigenvalue weighted by molar-refractivity contribution is 6.30. The van der Waals surface area contributed by atoms with Gasteiger partial charge < -0.3 is 10.2 Å². The smallest absolute Gasteiger partial charge is 0.369 e. The lowest BCUT2D eigenvalue weighted by Crippen LogP contribution is -2.58. The van der Waals surface area contributed by atoms with Gasteiger partial charge in [-0.2, -0.15) is 26.3 Å². The summed E-state index contributed by atoms with van der Waals surface area (Å²) in [6.45, 7) is 0.0579. The number of hydrogen-bond donors (Lipinski definition) is 2. The predicted molar refractivity (Wildman–Crippen MR) is 205 cm³/mol. The highest BCUT2D eigenvalue weighted by Crippen LogP contribution is 2.39. The van der Waals surface area contributed by atoms with E-state index in [4.69, 9.17) is 34.3 Å². The van der Waals surface area contributed by atoms with Crippen LogP contribution in [-0.4, -0.2) is 80.7 Å². The molecule has 4 heterocycles. The van der Waals surface area contributed by atoms with Crippen molar-refractivity contribution in [3.63, 3.8) is 0 Å². The minimum atomic E-state index is -5.40. The summed E-state index contributed by atoms with van der Waals surface area (Å²) in [5.41, 5.74) is 11.3. The lowest BCUT2D eigenvalue weighted by Gasteiger charge is -2.32. The number of fused-ring (bicyclic) bond motifs is 2. The first-order chi connectivity index (χ1) is 28.3. The van der Waals surface area contributed by atoms with E-state index in [1.807, 2.05) is 0 Å². The Morgan fingerprint density at radius 1 is 0.667 bits per heavy atom. The fourth-order valence-corrected chi connectivity index (χ4v) is 6.11. The Labute approximate surface area is 345 Å². The molecule has 0 saturated heterocycles. The lowest BCUT2D eigenvalue weighted by molar-refractivity contribution is -0.240. The number of carbonyl (C=O) groups is 2. The van der Waals surface area contributed by atoms with E-state index in [9.17, 15) is 46.1 Å². The van der Waals surface area contributed by atoms with Crippen molar-refractivity contribution in [1.29, 1.82) is 0 Å². The zero-order chi connectivity index (χ0) is 43.9. The highest BCUT2D eigenvalue weighted by atomic mass is 35.5. The number of aliphatic hydroxyl groups is 2. The van der Waals surface area contributed by atoms with Crippen molar-refractivity contribution >= 4 is 46.7 Å². The van der Waals surface area contributed by atoms with Gasteiger partial charge in [-0.25, -0.2) is 9.97 Å². The van der Waals surface area contributed by atoms with Gasteiger partial charge in [-0.15, -0.1) is 0 Å². The number of rotatable bonds is 6. The molecular weight excluding hydrogens is 845 g/mol. The van der Waals surface area contributed by atoms with E-state index in [0.29, 0.717) is 34.0 Å². The Morgan fingerprint density at radius 3 is 1.33 bits per heavy atom. The zero-order valence-corrected chi connectivity index (χ0v) is 31.8. The van der Waals surface area contributed by atoms with Gasteiger partial charge in [0.1, 0.15) is 11.6 Å². The Bertz CT molecular complexity index is 2320. The van der Waals surface area contributed by atoms with Gasteiger partial charge in [0.25, 0.3) is 0 Å². The van der Waals surface area contributed by atoms with E-state index < -0.39 is 47.5 Å². The number of azide groups is 2. The van der Waals surface area contributed by atoms with Crippen molar-refractivity contribution in [3.8, 4) is 23.7 Å². The highest BCUT2D eigenvalue weighted by Gasteiger charge is 2.62. The molecule has 2 amide bonds. The maximum atomic E-state index is 13.8. The fourth-order valence-electron chi connectivity index (χ4n) is 5.85. The van der Waals surface area contributed by atoms with Crippen LogP contribution < -0.4 is 9.80 Å². The summed E-state index contributed by atoms with van der Waals surface area (Å²) in [7, 11) is 0. The Morgan fingerprint density at radius 2 is 1.02 bits per heavy atom. The molecule has 22 heteroatoms. The number of halogens is 8. The number of carbonyl (C=O) groups excluding carboxylic acids is 2. The molecular formula is C38H26Cl2F6N10O4. The largest absolute Gasteiger partial charge is 0.429 e. The predicted octanol–water partition coefficient (Wildman–Crippen LogP) is 7.30. The Balaban J connectivity index is 0.000000228. The summed E-state index contributed by atoms with van der Waals surface area (Å²) in [5, 5.41) is 27.6. The van der Waals surface area contributed by atoms with Gasteiger partial charge in [0.05, 0.1) is 0 Å². The van der Waals surface area contributed by atoms with Crippen molar-refractivity contribution in [3.05, 3.63) is 138 Å². The first-order valence-electron chi connectivity index (χ1n) is 17.1. The van der Waals surface area contributed by atoms with E-state index in [1.54, 1.807) is 36.1 Å². The second-order valence-electron chi connectivity index (χ2n) is 12.7. The van der Waals surface area contributed by atoms with Crippen LogP contribution in [-0.2, 0) is 22.4 Å². The number of benzene rings is 2. The lowest BCUT2D eigenvalue weighted by atomic mass is 9.92. The van der Waals surface area contributed by atoms with E-state index in [-0.39, 0.29) is 35.9 Å². The van der Waals surface area contributed by atoms with Crippen LogP contribution in [0.3, 0.4) is 0 Å². The van der Waals surface area contributed by atoms with Crippen molar-refractivity contribution < 1.29 is 46.1 Å². The van der Waals surface area contributed by atoms with E-state index in [0.717, 1.165) is 9.80 Å². The van der Waals surface area contributed by atoms with Crippen molar-refractivity contribution in [2.24, 2.45) is 10.2 Å². The van der Waals surface area contributed by atoms with Gasteiger partial charge in [-0.3, -0.25) is 19.4 Å². The summed E-state index contributed by atoms with van der Waals surface area (Å²) in [5.74, 6) is 5.52. The quantitative estimate of drug-likeness (QED) is 0.0669. The normalized spacial score (nSPS) is 15.8. The molecule has 0 spiro atoms. The molecule has 2 aliphatic rings. The molecule has 2 aromatic carbocycles. The average Bonchev–Trinajstić information content (AvgIpc) is 3.85. The molecule has 4 aromatic rings. The molecule has 2 N–H and O–H groups in total. The minimum absolute atomic E-state index is 0.0289. The summed E-state index contributed by atoms with van der Waals surface area (Å²) in [4.78, 5) is 40.5. The minimum Gasteiger partial charge on any atom is -0.369 e. The summed E-state index contributed by atoms with van der Waals surface area (Å²) < 4.78 is 83.1. The molecule has 2 aliphatic heterocycles. The number of amides is 2. The molecule has 0 unspecified atom stereocenters. The molecule has 60 heavy (non-hydrogen) atoms. The molecule has 0 fully saturated rings. The van der Waals surface area contributed by atoms with Crippen LogP contribution in [0.5, 0.6) is 0 Å². The fraction of sp³-hybridized carbons (Fsp3) is 0.263. The first-order valence-corrected chi connectivity index (χ1v) is 17.8. The van der Waals surface area contributed by atoms with Gasteiger partial charge in [-0.05, 0) is 95.7 Å². The number of nitrogens with zero attached hydrogens (tertiary/aromatic N) is 10. The Kier molecular flexibility index (Phi) is 13.5. The molecule has 0 bridgehead atoms. The third-order valence-corrected chi connectivity index (χ3v) is 9.43. The maximum absolute atomic E-state index is 13.8. The number of pyridine rings is 2. The third kappa shape index (κ3) is 9.51. The molecule has 2 aromatic heterocycles. The second kappa shape index (κ2) is 18.2. The van der Waals surface area contributed by atoms with Crippen LogP contribution >= 0.6 is 23.2 Å². The molecule has 0 aliphatic carbocycles. The first kappa shape index (κ1) is 44.6. The topological polar surface area (TPSA) is 204 Å². The van der Waals surface area contributed by atoms with Crippen molar-refractivity contribution in [2.45, 2.75) is 48.5 Å². The SMILES string of the molecule is [N-]=[N+]=N[C@@H](C(=O)N1CCc2cccnc21)[C@@](O)(C#Cc1ccc(Cl)cc1)C(F)(F)F.[N-]=[N+]=N[C@@H](C(=O)N1CCc2cccnc21)[C@@](O)(C#Cc1ccc(Cl)cc1)C(F)(F)F. The summed E-state index contributed by atoms with van der Waals surface area (Å²) in [6.07, 6.45) is -7.31. The average molecular weight is 872 g/mol. The number of hydrogen-bond acceptors (Lipinski definition) is 8. The molecule has 308 valence electrons. The zero-order valence-electron chi connectivity index (χ0n) is 30.3. The van der Waals surface area contributed by atoms with Gasteiger partial charge in [-0.1, -0.05) is 69.2 Å². The summed E-state index contributed by atoms with van der Waals surface area (Å²) in [6, 6.07) is 12.4. The number of aromatic nitrogens is 2. The van der Waals surface area contributed by atoms with Crippen molar-refractivity contribution in [1.82, 2.24) is 9.97 Å². The van der Waals surface area contributed by atoms with Gasteiger partial charge in [0.15, 0.2) is 12.1 Å². The molecule has 14 nitrogen and oxygen atoms in total. The van der Waals surface area contributed by atoms with Crippen LogP contribution in [0.1, 0.15) is 22.3 Å². The number of alkyl halides is 6. The van der Waals surface area contributed by atoms with E-state index in [1.165, 1.54) is 60.9 Å². The molecule has 0 radical (unpaired) electrons. The number of anilines is 2. The third-order valence-electron chi connectivity index (χ3n) is 8.93. The van der Waals surface area contributed by atoms with Gasteiger partial charge in [0, 0.05) is 56.5 Å². The van der Waals surface area contributed by atoms with Crippen LogP contribution in [0.25, 0.3) is 20.9 Å². The Hall–Kier alpha value is -6.50. The monoisotopic (exact) mass is 870 g/mol. The van der Waals surface area contributed by atoms with E-state index in [2.05, 4.69) is 41.9 Å². The van der Waals surface area contributed by atoms with Crippen LogP contribution in [0.15, 0.2) is 95.4 Å².